The normalized spacial score (nSPS) is 11.3. The highest BCUT2D eigenvalue weighted by atomic mass is 35.5. The van der Waals surface area contributed by atoms with E-state index in [9.17, 15) is 9.90 Å². The predicted molar refractivity (Wildman–Crippen MR) is 74.4 cm³/mol. The van der Waals surface area contributed by atoms with Gasteiger partial charge in [-0.2, -0.15) is 0 Å². The maximum atomic E-state index is 11.2. The molecule has 0 atom stereocenters. The van der Waals surface area contributed by atoms with Crippen molar-refractivity contribution in [3.05, 3.63) is 22.2 Å². The lowest BCUT2D eigenvalue weighted by atomic mass is 9.84. The summed E-state index contributed by atoms with van der Waals surface area (Å²) in [5.41, 5.74) is 0.789. The number of hydrogen-bond acceptors (Lipinski definition) is 3. The van der Waals surface area contributed by atoms with Crippen molar-refractivity contribution in [1.29, 1.82) is 0 Å². The summed E-state index contributed by atoms with van der Waals surface area (Å²) in [6.45, 7) is 5.20. The number of ether oxygens (including phenoxy) is 2. The number of methoxy groups -OCH3 is 2. The summed E-state index contributed by atoms with van der Waals surface area (Å²) in [5.74, 6) is 0.130. The van der Waals surface area contributed by atoms with Crippen LogP contribution in [-0.2, 0) is 11.2 Å². The molecule has 1 rings (SSSR count). The molecule has 1 aromatic carbocycles. The number of carboxylic acids is 1. The van der Waals surface area contributed by atoms with Crippen molar-refractivity contribution in [2.45, 2.75) is 27.2 Å². The highest BCUT2D eigenvalue weighted by Crippen LogP contribution is 2.40. The average molecular weight is 287 g/mol. The van der Waals surface area contributed by atoms with Crippen molar-refractivity contribution < 1.29 is 19.4 Å². The Morgan fingerprint density at radius 1 is 1.37 bits per heavy atom. The van der Waals surface area contributed by atoms with E-state index in [0.29, 0.717) is 22.9 Å². The van der Waals surface area contributed by atoms with Crippen molar-refractivity contribution >= 4 is 17.6 Å². The van der Waals surface area contributed by atoms with Crippen LogP contribution in [0.15, 0.2) is 6.07 Å². The van der Waals surface area contributed by atoms with Gasteiger partial charge in [-0.1, -0.05) is 11.6 Å². The number of carboxylic acid groups (broad SMARTS) is 1. The second-order valence-electron chi connectivity index (χ2n) is 5.08. The molecule has 0 heterocycles. The summed E-state index contributed by atoms with van der Waals surface area (Å²) in [6, 6.07) is 1.78. The van der Waals surface area contributed by atoms with Gasteiger partial charge in [-0.3, -0.25) is 4.79 Å². The zero-order valence-corrected chi connectivity index (χ0v) is 12.6. The Morgan fingerprint density at radius 2 is 1.95 bits per heavy atom. The molecule has 0 aliphatic heterocycles. The average Bonchev–Trinajstić information content (AvgIpc) is 2.34. The largest absolute Gasteiger partial charge is 0.493 e. The van der Waals surface area contributed by atoms with Gasteiger partial charge in [0, 0.05) is 0 Å². The van der Waals surface area contributed by atoms with Crippen molar-refractivity contribution in [1.82, 2.24) is 0 Å². The Bertz CT molecular complexity index is 495. The van der Waals surface area contributed by atoms with E-state index in [1.807, 2.05) is 6.92 Å². The van der Waals surface area contributed by atoms with Crippen LogP contribution < -0.4 is 9.47 Å². The smallest absolute Gasteiger partial charge is 0.309 e. The van der Waals surface area contributed by atoms with Crippen LogP contribution in [0.2, 0.25) is 5.02 Å². The van der Waals surface area contributed by atoms with Crippen LogP contribution in [-0.4, -0.2) is 25.3 Å². The van der Waals surface area contributed by atoms with Gasteiger partial charge in [-0.15, -0.1) is 0 Å². The first-order valence-electron chi connectivity index (χ1n) is 5.88. The lowest BCUT2D eigenvalue weighted by molar-refractivity contribution is -0.146. The Hall–Kier alpha value is -1.42. The van der Waals surface area contributed by atoms with Crippen molar-refractivity contribution in [2.75, 3.05) is 14.2 Å². The third kappa shape index (κ3) is 3.13. The maximum Gasteiger partial charge on any atom is 0.309 e. The molecule has 106 valence electrons. The van der Waals surface area contributed by atoms with E-state index in [4.69, 9.17) is 21.1 Å². The topological polar surface area (TPSA) is 55.8 Å². The minimum absolute atomic E-state index is 0.369. The maximum absolute atomic E-state index is 11.2. The Morgan fingerprint density at radius 3 is 2.37 bits per heavy atom. The van der Waals surface area contributed by atoms with Gasteiger partial charge in [0.1, 0.15) is 0 Å². The van der Waals surface area contributed by atoms with E-state index in [-0.39, 0.29) is 0 Å². The lowest BCUT2D eigenvalue weighted by Gasteiger charge is -2.22. The molecule has 0 bridgehead atoms. The second-order valence-corrected chi connectivity index (χ2v) is 5.45. The monoisotopic (exact) mass is 286 g/mol. The molecule has 0 aromatic heterocycles. The fraction of sp³-hybridized carbons (Fsp3) is 0.500. The van der Waals surface area contributed by atoms with Gasteiger partial charge in [0.25, 0.3) is 0 Å². The zero-order valence-electron chi connectivity index (χ0n) is 11.8. The number of carbonyl (C=O) groups is 1. The van der Waals surface area contributed by atoms with Gasteiger partial charge in [0.15, 0.2) is 11.5 Å². The van der Waals surface area contributed by atoms with Crippen LogP contribution in [0.5, 0.6) is 11.5 Å². The molecule has 0 aliphatic carbocycles. The Balaban J connectivity index is 3.31. The van der Waals surface area contributed by atoms with E-state index >= 15 is 0 Å². The van der Waals surface area contributed by atoms with E-state index in [0.717, 1.165) is 11.1 Å². The SMILES string of the molecule is COc1cc(CC(C)(C)C(=O)O)c(C)c(Cl)c1OC. The molecule has 0 aliphatic rings. The van der Waals surface area contributed by atoms with Gasteiger partial charge in [-0.25, -0.2) is 0 Å². The van der Waals surface area contributed by atoms with Gasteiger partial charge in [0.2, 0.25) is 0 Å². The first-order chi connectivity index (χ1) is 8.74. The summed E-state index contributed by atoms with van der Waals surface area (Å²) in [5, 5.41) is 9.66. The van der Waals surface area contributed by atoms with Gasteiger partial charge < -0.3 is 14.6 Å². The van der Waals surface area contributed by atoms with Crippen LogP contribution in [0.1, 0.15) is 25.0 Å². The molecule has 0 saturated carbocycles. The van der Waals surface area contributed by atoms with Gasteiger partial charge >= 0.3 is 5.97 Å². The zero-order chi connectivity index (χ0) is 14.8. The molecular weight excluding hydrogens is 268 g/mol. The number of hydrogen-bond donors (Lipinski definition) is 1. The molecule has 19 heavy (non-hydrogen) atoms. The predicted octanol–water partition coefficient (Wildman–Crippen LogP) is 3.32. The van der Waals surface area contributed by atoms with Crippen LogP contribution in [0.3, 0.4) is 0 Å². The van der Waals surface area contributed by atoms with Gasteiger partial charge in [0.05, 0.1) is 24.7 Å². The molecule has 0 unspecified atom stereocenters. The van der Waals surface area contributed by atoms with Crippen molar-refractivity contribution in [3.63, 3.8) is 0 Å². The van der Waals surface area contributed by atoms with Crippen LogP contribution in [0.4, 0.5) is 0 Å². The highest BCUT2D eigenvalue weighted by molar-refractivity contribution is 6.33. The quantitative estimate of drug-likeness (QED) is 0.902. The van der Waals surface area contributed by atoms with E-state index in [1.54, 1.807) is 19.9 Å². The summed E-state index contributed by atoms with van der Waals surface area (Å²) < 4.78 is 10.4. The molecule has 1 aromatic rings. The summed E-state index contributed by atoms with van der Waals surface area (Å²) in [7, 11) is 3.04. The molecule has 0 spiro atoms. The third-order valence-corrected chi connectivity index (χ3v) is 3.63. The molecule has 5 heteroatoms. The van der Waals surface area contributed by atoms with E-state index in [2.05, 4.69) is 0 Å². The minimum atomic E-state index is -0.867. The van der Waals surface area contributed by atoms with E-state index in [1.165, 1.54) is 14.2 Å². The third-order valence-electron chi connectivity index (χ3n) is 3.17. The molecule has 0 radical (unpaired) electrons. The molecular formula is C14H19ClO4. The first kappa shape index (κ1) is 15.6. The summed E-state index contributed by atoms with van der Waals surface area (Å²) >= 11 is 6.24. The summed E-state index contributed by atoms with van der Waals surface area (Å²) in [6.07, 6.45) is 0.369. The number of rotatable bonds is 5. The van der Waals surface area contributed by atoms with Crippen molar-refractivity contribution in [3.8, 4) is 11.5 Å². The Kier molecular flexibility index (Phi) is 4.69. The molecule has 4 nitrogen and oxygen atoms in total. The minimum Gasteiger partial charge on any atom is -0.493 e. The van der Waals surface area contributed by atoms with Crippen LogP contribution in [0.25, 0.3) is 0 Å². The number of aliphatic carboxylic acids is 1. The standard InChI is InChI=1S/C14H19ClO4/c1-8-9(7-14(2,3)13(16)17)6-10(18-4)12(19-5)11(8)15/h6H,7H2,1-5H3,(H,16,17). The van der Waals surface area contributed by atoms with Crippen LogP contribution in [0, 0.1) is 12.3 Å². The molecule has 0 saturated heterocycles. The first-order valence-corrected chi connectivity index (χ1v) is 6.25. The highest BCUT2D eigenvalue weighted by Gasteiger charge is 2.29. The Labute approximate surface area is 118 Å². The molecule has 0 amide bonds. The fourth-order valence-corrected chi connectivity index (χ4v) is 2.12. The molecule has 0 fully saturated rings. The summed E-state index contributed by atoms with van der Waals surface area (Å²) in [4.78, 5) is 11.2. The van der Waals surface area contributed by atoms with Gasteiger partial charge in [-0.05, 0) is 44.4 Å². The number of halogens is 1. The molecule has 1 N–H and O–H groups in total. The second kappa shape index (κ2) is 5.70. The van der Waals surface area contributed by atoms with E-state index < -0.39 is 11.4 Å². The fourth-order valence-electron chi connectivity index (χ4n) is 1.83. The van der Waals surface area contributed by atoms with Crippen molar-refractivity contribution in [2.24, 2.45) is 5.41 Å². The number of benzene rings is 1. The van der Waals surface area contributed by atoms with Crippen LogP contribution >= 0.6 is 11.6 Å². The lowest BCUT2D eigenvalue weighted by Crippen LogP contribution is -2.26.